The molecule has 1 atom stereocenters. The van der Waals surface area contributed by atoms with Gasteiger partial charge in [0, 0.05) is 31.8 Å². The highest BCUT2D eigenvalue weighted by Gasteiger charge is 2.49. The predicted octanol–water partition coefficient (Wildman–Crippen LogP) is 8.89. The van der Waals surface area contributed by atoms with Gasteiger partial charge < -0.3 is 30.2 Å². The number of hydrogen-bond acceptors (Lipinski definition) is 3. The molecule has 4 nitrogen and oxygen atoms in total. The van der Waals surface area contributed by atoms with Crippen LogP contribution in [0.15, 0.2) is 0 Å². The fourth-order valence-corrected chi connectivity index (χ4v) is 9.66. The van der Waals surface area contributed by atoms with Crippen LogP contribution in [0.4, 0.5) is 0 Å². The van der Waals surface area contributed by atoms with Gasteiger partial charge in [-0.2, -0.15) is 0 Å². The molecule has 262 valence electrons. The first kappa shape index (κ1) is 45.5. The highest BCUT2D eigenvalue weighted by Crippen LogP contribution is 2.35. The van der Waals surface area contributed by atoms with Crippen molar-refractivity contribution in [3.63, 3.8) is 0 Å². The molecule has 0 aliphatic carbocycles. The van der Waals surface area contributed by atoms with Gasteiger partial charge in [0.15, 0.2) is 0 Å². The Balaban J connectivity index is 0. The molecule has 0 amide bonds. The van der Waals surface area contributed by atoms with Crippen LogP contribution >= 0.6 is 0 Å². The molecule has 6 heteroatoms. The van der Waals surface area contributed by atoms with Gasteiger partial charge in [-0.1, -0.05) is 142 Å². The first-order chi connectivity index (χ1) is 20.4. The fraction of sp³-hybridized carbons (Fsp3) is 1.00. The summed E-state index contributed by atoms with van der Waals surface area (Å²) in [6.07, 6.45) is 33.1. The number of rotatable bonds is 34. The Bertz CT molecular complexity index is 535. The second-order valence-electron chi connectivity index (χ2n) is 13.6. The zero-order chi connectivity index (χ0) is 31.2. The lowest BCUT2D eigenvalue weighted by Gasteiger charge is -2.38. The van der Waals surface area contributed by atoms with Gasteiger partial charge in [0.25, 0.3) is 0 Å². The van der Waals surface area contributed by atoms with E-state index in [-0.39, 0.29) is 12.4 Å². The second-order valence-corrected chi connectivity index (χ2v) is 16.5. The summed E-state index contributed by atoms with van der Waals surface area (Å²) in [4.78, 5) is 0. The molecule has 0 radical (unpaired) electrons. The molecule has 0 aromatic rings. The van der Waals surface area contributed by atoms with Crippen molar-refractivity contribution in [1.82, 2.24) is 0 Å². The Hall–Kier alpha value is 0.347. The van der Waals surface area contributed by atoms with Crippen molar-refractivity contribution >= 4 is 8.80 Å². The summed E-state index contributed by atoms with van der Waals surface area (Å²) < 4.78 is 20.4. The quantitative estimate of drug-likeness (QED) is 0.0396. The van der Waals surface area contributed by atoms with Gasteiger partial charge in [0.05, 0.1) is 27.2 Å². The van der Waals surface area contributed by atoms with Crippen LogP contribution in [0, 0.1) is 0 Å². The van der Waals surface area contributed by atoms with Crippen molar-refractivity contribution in [1.29, 1.82) is 0 Å². The van der Waals surface area contributed by atoms with E-state index in [2.05, 4.69) is 48.7 Å². The molecule has 0 rings (SSSR count). The Morgan fingerprint density at radius 1 is 0.419 bits per heavy atom. The lowest BCUT2D eigenvalue weighted by molar-refractivity contribution is -0.890. The van der Waals surface area contributed by atoms with E-state index in [1.54, 1.807) is 0 Å². The average Bonchev–Trinajstić information content (AvgIpc) is 2.96. The topological polar surface area (TPSA) is 27.7 Å². The van der Waals surface area contributed by atoms with Gasteiger partial charge in [0.2, 0.25) is 0 Å². The number of quaternary nitrogens is 1. The Morgan fingerprint density at radius 3 is 1.09 bits per heavy atom. The predicted molar refractivity (Wildman–Crippen MR) is 188 cm³/mol. The molecule has 43 heavy (non-hydrogen) atoms. The van der Waals surface area contributed by atoms with E-state index in [1.165, 1.54) is 161 Å². The van der Waals surface area contributed by atoms with E-state index in [0.29, 0.717) is 25.4 Å². The summed E-state index contributed by atoms with van der Waals surface area (Å²) in [5.41, 5.74) is 0.408. The maximum Gasteiger partial charge on any atom is 0.504 e. The zero-order valence-corrected chi connectivity index (χ0v) is 32.4. The van der Waals surface area contributed by atoms with Crippen molar-refractivity contribution in [3.05, 3.63) is 0 Å². The van der Waals surface area contributed by atoms with Crippen molar-refractivity contribution in [2.75, 3.05) is 47.0 Å². The van der Waals surface area contributed by atoms with Crippen molar-refractivity contribution in [2.45, 2.75) is 194 Å². The molecule has 0 heterocycles. The largest absolute Gasteiger partial charge is 1.00 e. The molecule has 1 unspecified atom stereocenters. The van der Waals surface area contributed by atoms with Crippen LogP contribution < -0.4 is 12.4 Å². The number of hydrogen-bond donors (Lipinski definition) is 0. The molecule has 0 saturated carbocycles. The SMILES string of the molecule is CCCCCCCCCCCCCCC(CC[N+](C)(C)CCCCCCCCCCCC)[Si](OCC)(OCC)OCC.[Cl-]. The molecule has 0 aliphatic rings. The summed E-state index contributed by atoms with van der Waals surface area (Å²) in [5, 5.41) is 0. The van der Waals surface area contributed by atoms with Gasteiger partial charge in [-0.05, 0) is 40.0 Å². The Labute approximate surface area is 279 Å². The van der Waals surface area contributed by atoms with Crippen LogP contribution in [-0.4, -0.2) is 60.3 Å². The summed E-state index contributed by atoms with van der Waals surface area (Å²) >= 11 is 0. The third-order valence-electron chi connectivity index (χ3n) is 9.14. The first-order valence-electron chi connectivity index (χ1n) is 19.1. The maximum atomic E-state index is 6.45. The van der Waals surface area contributed by atoms with Gasteiger partial charge in [-0.25, -0.2) is 0 Å². The third-order valence-corrected chi connectivity index (χ3v) is 12.8. The minimum Gasteiger partial charge on any atom is -1.00 e. The van der Waals surface area contributed by atoms with E-state index >= 15 is 0 Å². The highest BCUT2D eigenvalue weighted by atomic mass is 35.5. The maximum absolute atomic E-state index is 6.45. The van der Waals surface area contributed by atoms with Crippen LogP contribution in [0.3, 0.4) is 0 Å². The molecular weight excluding hydrogens is 570 g/mol. The van der Waals surface area contributed by atoms with E-state index in [9.17, 15) is 0 Å². The van der Waals surface area contributed by atoms with Gasteiger partial charge >= 0.3 is 8.80 Å². The fourth-order valence-electron chi connectivity index (χ4n) is 6.46. The van der Waals surface area contributed by atoms with Crippen molar-refractivity contribution in [2.24, 2.45) is 0 Å². The van der Waals surface area contributed by atoms with E-state index in [1.807, 2.05) is 0 Å². The van der Waals surface area contributed by atoms with E-state index in [4.69, 9.17) is 13.3 Å². The van der Waals surface area contributed by atoms with E-state index in [0.717, 1.165) is 10.9 Å². The first-order valence-corrected chi connectivity index (χ1v) is 20.9. The molecule has 0 fully saturated rings. The lowest BCUT2D eigenvalue weighted by Crippen LogP contribution is -3.00. The van der Waals surface area contributed by atoms with Gasteiger partial charge in [-0.3, -0.25) is 0 Å². The molecule has 0 aliphatic heterocycles. The van der Waals surface area contributed by atoms with Crippen LogP contribution in [0.5, 0.6) is 0 Å². The smallest absolute Gasteiger partial charge is 0.504 e. The molecule has 0 saturated heterocycles. The van der Waals surface area contributed by atoms with Gasteiger partial charge in [-0.15, -0.1) is 0 Å². The second kappa shape index (κ2) is 32.3. The zero-order valence-electron chi connectivity index (χ0n) is 30.6. The Morgan fingerprint density at radius 2 is 0.744 bits per heavy atom. The monoisotopic (exact) mass is 650 g/mol. The minimum absolute atomic E-state index is 0. The van der Waals surface area contributed by atoms with Crippen molar-refractivity contribution < 1.29 is 30.2 Å². The highest BCUT2D eigenvalue weighted by molar-refractivity contribution is 6.62. The third kappa shape index (κ3) is 26.1. The lowest BCUT2D eigenvalue weighted by atomic mass is 10.0. The molecule has 0 spiro atoms. The molecular formula is C37H80ClNO3Si. The van der Waals surface area contributed by atoms with E-state index < -0.39 is 8.80 Å². The van der Waals surface area contributed by atoms with Gasteiger partial charge in [0.1, 0.15) is 0 Å². The van der Waals surface area contributed by atoms with Crippen LogP contribution in [0.1, 0.15) is 189 Å². The standard InChI is InChI=1S/C37H80NO3Si.ClH/c1-8-13-15-17-19-21-23-24-25-27-29-31-33-37(42(39-10-3,40-11-4)41-12-5)34-36-38(6,7)35-32-30-28-26-22-20-18-16-14-9-2;/h37H,8-36H2,1-7H3;1H/q+1;/p-1. The number of nitrogens with zero attached hydrogens (tertiary/aromatic N) is 1. The minimum atomic E-state index is -2.70. The average molecular weight is 651 g/mol. The molecule has 0 N–H and O–H groups in total. The van der Waals surface area contributed by atoms with Crippen LogP contribution in [0.2, 0.25) is 5.54 Å². The van der Waals surface area contributed by atoms with Crippen LogP contribution in [-0.2, 0) is 13.3 Å². The molecule has 0 bridgehead atoms. The number of halogens is 1. The summed E-state index contributed by atoms with van der Waals surface area (Å²) in [5.74, 6) is 0. The molecule has 0 aromatic carbocycles. The van der Waals surface area contributed by atoms with Crippen molar-refractivity contribution in [3.8, 4) is 0 Å². The molecule has 0 aromatic heterocycles. The number of unbranched alkanes of at least 4 members (excludes halogenated alkanes) is 20. The Kier molecular flexibility index (Phi) is 34.1. The summed E-state index contributed by atoms with van der Waals surface area (Å²) in [6.45, 7) is 15.4. The van der Waals surface area contributed by atoms with Crippen LogP contribution in [0.25, 0.3) is 0 Å². The summed E-state index contributed by atoms with van der Waals surface area (Å²) in [7, 11) is 2.16. The summed E-state index contributed by atoms with van der Waals surface area (Å²) in [6, 6.07) is 0. The normalized spacial score (nSPS) is 12.9.